The first-order valence-electron chi connectivity index (χ1n) is 7.06. The van der Waals surface area contributed by atoms with Gasteiger partial charge in [-0.25, -0.2) is 4.98 Å². The highest BCUT2D eigenvalue weighted by molar-refractivity contribution is 6.30. The van der Waals surface area contributed by atoms with Gasteiger partial charge >= 0.3 is 0 Å². The van der Waals surface area contributed by atoms with Crippen LogP contribution < -0.4 is 10.6 Å². The van der Waals surface area contributed by atoms with Crippen LogP contribution in [0.2, 0.25) is 5.02 Å². The lowest BCUT2D eigenvalue weighted by molar-refractivity contribution is 0.533. The van der Waals surface area contributed by atoms with Gasteiger partial charge in [0, 0.05) is 19.3 Å². The van der Waals surface area contributed by atoms with E-state index in [-0.39, 0.29) is 0 Å². The molecule has 1 heterocycles. The zero-order valence-corrected chi connectivity index (χ0v) is 13.2. The van der Waals surface area contributed by atoms with Crippen molar-refractivity contribution in [1.82, 2.24) is 4.98 Å². The summed E-state index contributed by atoms with van der Waals surface area (Å²) in [5, 5.41) is 0.592. The molecule has 1 aromatic heterocycles. The van der Waals surface area contributed by atoms with Crippen molar-refractivity contribution in [3.8, 4) is 0 Å². The summed E-state index contributed by atoms with van der Waals surface area (Å²) in [5.74, 6) is 2.22. The third kappa shape index (κ3) is 5.68. The van der Waals surface area contributed by atoms with Crippen LogP contribution in [0.5, 0.6) is 0 Å². The maximum absolute atomic E-state index is 6.05. The van der Waals surface area contributed by atoms with Gasteiger partial charge < -0.3 is 10.6 Å². The zero-order valence-electron chi connectivity index (χ0n) is 12.5. The number of nitrogens with two attached hydrogens (primary N) is 1. The summed E-state index contributed by atoms with van der Waals surface area (Å²) in [4.78, 5) is 6.69. The van der Waals surface area contributed by atoms with Crippen molar-refractivity contribution < 1.29 is 0 Å². The Labute approximate surface area is 122 Å². The van der Waals surface area contributed by atoms with Crippen LogP contribution in [-0.4, -0.2) is 18.1 Å². The zero-order chi connectivity index (χ0) is 14.4. The van der Waals surface area contributed by atoms with E-state index in [1.54, 1.807) is 12.3 Å². The fraction of sp³-hybridized carbons (Fsp3) is 0.667. The van der Waals surface area contributed by atoms with Crippen molar-refractivity contribution >= 4 is 23.1 Å². The molecule has 2 N–H and O–H groups in total. The maximum Gasteiger partial charge on any atom is 0.151 e. The molecule has 1 rings (SSSR count). The molecular weight excluding hydrogens is 258 g/mol. The van der Waals surface area contributed by atoms with Crippen LogP contribution in [0.25, 0.3) is 0 Å². The molecule has 0 aromatic carbocycles. The maximum atomic E-state index is 6.05. The van der Waals surface area contributed by atoms with Gasteiger partial charge in [0.15, 0.2) is 5.82 Å². The van der Waals surface area contributed by atoms with Crippen LogP contribution in [0.15, 0.2) is 12.3 Å². The van der Waals surface area contributed by atoms with Gasteiger partial charge in [-0.2, -0.15) is 0 Å². The summed E-state index contributed by atoms with van der Waals surface area (Å²) < 4.78 is 0. The van der Waals surface area contributed by atoms with Crippen LogP contribution in [-0.2, 0) is 0 Å². The average molecular weight is 284 g/mol. The largest absolute Gasteiger partial charge is 0.396 e. The number of hydrogen-bond donors (Lipinski definition) is 1. The third-order valence-electron chi connectivity index (χ3n) is 3.11. The minimum Gasteiger partial charge on any atom is -0.396 e. The molecule has 0 spiro atoms. The van der Waals surface area contributed by atoms with E-state index >= 15 is 0 Å². The Morgan fingerprint density at radius 3 is 2.11 bits per heavy atom. The normalized spacial score (nSPS) is 11.3. The molecule has 0 saturated carbocycles. The van der Waals surface area contributed by atoms with Crippen LogP contribution >= 0.6 is 11.6 Å². The average Bonchev–Trinajstić information content (AvgIpc) is 2.30. The Kier molecular flexibility index (Phi) is 6.43. The van der Waals surface area contributed by atoms with Crippen LogP contribution in [0.3, 0.4) is 0 Å². The fourth-order valence-electron chi connectivity index (χ4n) is 1.86. The van der Waals surface area contributed by atoms with E-state index in [4.69, 9.17) is 17.3 Å². The van der Waals surface area contributed by atoms with Gasteiger partial charge in [-0.1, -0.05) is 39.3 Å². The lowest BCUT2D eigenvalue weighted by Crippen LogP contribution is -2.29. The molecule has 3 nitrogen and oxygen atoms in total. The molecular formula is C15H26ClN3. The molecule has 1 aromatic rings. The minimum absolute atomic E-state index is 0.592. The fourth-order valence-corrected chi connectivity index (χ4v) is 2.03. The van der Waals surface area contributed by atoms with Crippen molar-refractivity contribution in [1.29, 1.82) is 0 Å². The van der Waals surface area contributed by atoms with E-state index in [1.807, 2.05) is 0 Å². The van der Waals surface area contributed by atoms with Gasteiger partial charge in [-0.15, -0.1) is 0 Å². The Morgan fingerprint density at radius 1 is 1.16 bits per heavy atom. The van der Waals surface area contributed by atoms with E-state index in [9.17, 15) is 0 Å². The van der Waals surface area contributed by atoms with Crippen LogP contribution in [0, 0.1) is 11.8 Å². The predicted molar refractivity (Wildman–Crippen MR) is 84.8 cm³/mol. The smallest absolute Gasteiger partial charge is 0.151 e. The summed E-state index contributed by atoms with van der Waals surface area (Å²) >= 11 is 5.92. The Bertz CT molecular complexity index is 379. The van der Waals surface area contributed by atoms with Gasteiger partial charge in [0.05, 0.1) is 10.7 Å². The standard InChI is InChI=1S/C15H26ClN3/c1-11(2)5-7-19(8-6-12(3)4)15-14(17)9-13(16)10-18-15/h9-12H,5-8,17H2,1-4H3. The number of aromatic nitrogens is 1. The lowest BCUT2D eigenvalue weighted by Gasteiger charge is -2.26. The molecule has 0 aliphatic carbocycles. The molecule has 0 atom stereocenters. The summed E-state index contributed by atoms with van der Waals surface area (Å²) in [6.07, 6.45) is 3.95. The summed E-state index contributed by atoms with van der Waals surface area (Å²) in [6, 6.07) is 1.78. The first-order valence-corrected chi connectivity index (χ1v) is 7.44. The Hall–Kier alpha value is -0.960. The van der Waals surface area contributed by atoms with Gasteiger partial charge in [0.2, 0.25) is 0 Å². The number of halogens is 1. The minimum atomic E-state index is 0.592. The first kappa shape index (κ1) is 16.1. The number of nitrogen functional groups attached to an aromatic ring is 1. The molecule has 19 heavy (non-hydrogen) atoms. The number of nitrogens with zero attached hydrogens (tertiary/aromatic N) is 2. The molecule has 0 unspecified atom stereocenters. The van der Waals surface area contributed by atoms with E-state index < -0.39 is 0 Å². The Morgan fingerprint density at radius 2 is 1.68 bits per heavy atom. The summed E-state index contributed by atoms with van der Waals surface area (Å²) in [5.41, 5.74) is 6.71. The molecule has 0 aliphatic heterocycles. The van der Waals surface area contributed by atoms with E-state index in [1.165, 1.54) is 0 Å². The van der Waals surface area contributed by atoms with Crippen LogP contribution in [0.4, 0.5) is 11.5 Å². The van der Waals surface area contributed by atoms with Crippen molar-refractivity contribution in [2.24, 2.45) is 11.8 Å². The number of pyridine rings is 1. The highest BCUT2D eigenvalue weighted by Gasteiger charge is 2.13. The van der Waals surface area contributed by atoms with Gasteiger partial charge in [0.1, 0.15) is 0 Å². The van der Waals surface area contributed by atoms with Crippen molar-refractivity contribution in [2.75, 3.05) is 23.7 Å². The number of anilines is 2. The number of rotatable bonds is 7. The Balaban J connectivity index is 2.81. The van der Waals surface area contributed by atoms with Gasteiger partial charge in [0.25, 0.3) is 0 Å². The predicted octanol–water partition coefficient (Wildman–Crippen LogP) is 4.22. The number of hydrogen-bond acceptors (Lipinski definition) is 3. The van der Waals surface area contributed by atoms with Crippen molar-refractivity contribution in [3.63, 3.8) is 0 Å². The van der Waals surface area contributed by atoms with Gasteiger partial charge in [-0.05, 0) is 30.7 Å². The molecule has 0 aliphatic rings. The third-order valence-corrected chi connectivity index (χ3v) is 3.32. The molecule has 4 heteroatoms. The molecule has 0 saturated heterocycles. The van der Waals surface area contributed by atoms with Crippen molar-refractivity contribution in [3.05, 3.63) is 17.3 Å². The summed E-state index contributed by atoms with van der Waals surface area (Å²) in [7, 11) is 0. The monoisotopic (exact) mass is 283 g/mol. The molecule has 0 amide bonds. The summed E-state index contributed by atoms with van der Waals surface area (Å²) in [6.45, 7) is 10.9. The second-order valence-corrected chi connectivity index (χ2v) is 6.35. The van der Waals surface area contributed by atoms with Crippen molar-refractivity contribution in [2.45, 2.75) is 40.5 Å². The molecule has 108 valence electrons. The second kappa shape index (κ2) is 7.59. The molecule has 0 radical (unpaired) electrons. The topological polar surface area (TPSA) is 42.2 Å². The quantitative estimate of drug-likeness (QED) is 0.815. The lowest BCUT2D eigenvalue weighted by atomic mass is 10.1. The van der Waals surface area contributed by atoms with Gasteiger partial charge in [-0.3, -0.25) is 0 Å². The van der Waals surface area contributed by atoms with E-state index in [0.717, 1.165) is 31.7 Å². The highest BCUT2D eigenvalue weighted by atomic mass is 35.5. The van der Waals surface area contributed by atoms with E-state index in [2.05, 4.69) is 37.6 Å². The first-order chi connectivity index (χ1) is 8.90. The van der Waals surface area contributed by atoms with E-state index in [0.29, 0.717) is 22.5 Å². The highest BCUT2D eigenvalue weighted by Crippen LogP contribution is 2.24. The molecule has 0 fully saturated rings. The SMILES string of the molecule is CC(C)CCN(CCC(C)C)c1ncc(Cl)cc1N. The second-order valence-electron chi connectivity index (χ2n) is 5.92. The van der Waals surface area contributed by atoms with Crippen LogP contribution in [0.1, 0.15) is 40.5 Å². The molecule has 0 bridgehead atoms.